The molecule has 0 unspecified atom stereocenters. The van der Waals surface area contributed by atoms with Crippen LogP contribution in [0.15, 0.2) is 48.4 Å². The van der Waals surface area contributed by atoms with E-state index in [9.17, 15) is 15.0 Å². The van der Waals surface area contributed by atoms with E-state index in [4.69, 9.17) is 0 Å². The summed E-state index contributed by atoms with van der Waals surface area (Å²) < 4.78 is 0. The quantitative estimate of drug-likeness (QED) is 0.587. The van der Waals surface area contributed by atoms with Gasteiger partial charge in [-0.1, -0.05) is 43.0 Å². The first-order valence-corrected chi connectivity index (χ1v) is 10.2. The number of aliphatic hydroxyl groups excluding tert-OH is 1. The van der Waals surface area contributed by atoms with E-state index in [1.807, 2.05) is 57.2 Å². The highest BCUT2D eigenvalue weighted by molar-refractivity contribution is 7.11. The number of nitrogens with zero attached hydrogens (tertiary/aromatic N) is 1. The molecule has 2 aromatic rings. The Morgan fingerprint density at radius 3 is 2.50 bits per heavy atom. The second-order valence-corrected chi connectivity index (χ2v) is 8.78. The number of rotatable bonds is 9. The molecule has 152 valence electrons. The molecule has 28 heavy (non-hydrogen) atoms. The van der Waals surface area contributed by atoms with Crippen LogP contribution in [0.4, 0.5) is 4.79 Å². The first kappa shape index (κ1) is 22.1. The zero-order valence-electron chi connectivity index (χ0n) is 16.8. The fourth-order valence-corrected chi connectivity index (χ4v) is 4.03. The average molecular weight is 403 g/mol. The van der Waals surface area contributed by atoms with E-state index in [1.165, 1.54) is 4.90 Å². The van der Waals surface area contributed by atoms with E-state index in [0.717, 1.165) is 16.0 Å². The molecule has 0 bridgehead atoms. The van der Waals surface area contributed by atoms with Crippen LogP contribution in [0.3, 0.4) is 0 Å². The maximum absolute atomic E-state index is 12.0. The third-order valence-corrected chi connectivity index (χ3v) is 5.53. The fraction of sp³-hybridized carbons (Fsp3) is 0.409. The summed E-state index contributed by atoms with van der Waals surface area (Å²) >= 11 is 1.62. The molecule has 0 fully saturated rings. The van der Waals surface area contributed by atoms with E-state index in [0.29, 0.717) is 19.5 Å². The molecule has 1 aromatic heterocycles. The molecule has 1 aromatic carbocycles. The van der Waals surface area contributed by atoms with Gasteiger partial charge in [0.15, 0.2) is 0 Å². The largest absolute Gasteiger partial charge is 0.465 e. The molecule has 2 rings (SSSR count). The third kappa shape index (κ3) is 6.19. The number of thiophene rings is 1. The van der Waals surface area contributed by atoms with Crippen molar-refractivity contribution < 1.29 is 15.0 Å². The highest BCUT2D eigenvalue weighted by atomic mass is 32.1. The van der Waals surface area contributed by atoms with Crippen molar-refractivity contribution in [2.75, 3.05) is 6.54 Å². The first-order valence-electron chi connectivity index (χ1n) is 9.37. The third-order valence-electron chi connectivity index (χ3n) is 4.55. The normalized spacial score (nSPS) is 13.7. The lowest BCUT2D eigenvalue weighted by atomic mass is 9.94. The van der Waals surface area contributed by atoms with Gasteiger partial charge in [-0.05, 0) is 49.8 Å². The van der Waals surface area contributed by atoms with Gasteiger partial charge in [-0.2, -0.15) is 0 Å². The van der Waals surface area contributed by atoms with Gasteiger partial charge in [-0.25, -0.2) is 4.79 Å². The van der Waals surface area contributed by atoms with E-state index in [2.05, 4.69) is 23.3 Å². The second-order valence-electron chi connectivity index (χ2n) is 7.84. The SMILES string of the molecule is C=Cc1cc(CNC[C@@H](O)[C@H](Cc2ccccc2)N(C(=O)O)C(C)(C)C)cs1. The summed E-state index contributed by atoms with van der Waals surface area (Å²) in [6.07, 6.45) is 0.397. The number of aliphatic hydroxyl groups is 1. The number of hydrogen-bond donors (Lipinski definition) is 3. The van der Waals surface area contributed by atoms with Crippen LogP contribution in [-0.4, -0.2) is 45.4 Å². The molecule has 6 heteroatoms. The molecule has 1 heterocycles. The lowest BCUT2D eigenvalue weighted by Gasteiger charge is -2.42. The monoisotopic (exact) mass is 402 g/mol. The molecule has 0 spiro atoms. The molecule has 0 radical (unpaired) electrons. The highest BCUT2D eigenvalue weighted by Gasteiger charge is 2.37. The number of nitrogens with one attached hydrogen (secondary N) is 1. The van der Waals surface area contributed by atoms with E-state index in [-0.39, 0.29) is 0 Å². The summed E-state index contributed by atoms with van der Waals surface area (Å²) in [5, 5.41) is 26.0. The van der Waals surface area contributed by atoms with Gasteiger partial charge in [-0.15, -0.1) is 11.3 Å². The average Bonchev–Trinajstić information content (AvgIpc) is 3.08. The summed E-state index contributed by atoms with van der Waals surface area (Å²) in [5.41, 5.74) is 1.49. The van der Waals surface area contributed by atoms with Crippen LogP contribution >= 0.6 is 11.3 Å². The molecule has 0 saturated heterocycles. The van der Waals surface area contributed by atoms with Crippen LogP contribution < -0.4 is 5.32 Å². The fourth-order valence-electron chi connectivity index (χ4n) is 3.28. The van der Waals surface area contributed by atoms with Crippen molar-refractivity contribution in [3.8, 4) is 0 Å². The summed E-state index contributed by atoms with van der Waals surface area (Å²) in [4.78, 5) is 14.5. The van der Waals surface area contributed by atoms with Gasteiger partial charge >= 0.3 is 6.09 Å². The Labute approximate surface area is 171 Å². The van der Waals surface area contributed by atoms with Crippen molar-refractivity contribution >= 4 is 23.5 Å². The Bertz CT molecular complexity index is 768. The summed E-state index contributed by atoms with van der Waals surface area (Å²) in [5.74, 6) is 0. The maximum Gasteiger partial charge on any atom is 0.408 e. The Balaban J connectivity index is 2.11. The molecule has 0 aliphatic rings. The molecule has 2 atom stereocenters. The Morgan fingerprint density at radius 2 is 1.96 bits per heavy atom. The second kappa shape index (κ2) is 9.87. The minimum Gasteiger partial charge on any atom is -0.465 e. The van der Waals surface area contributed by atoms with E-state index in [1.54, 1.807) is 11.3 Å². The minimum absolute atomic E-state index is 0.302. The van der Waals surface area contributed by atoms with E-state index >= 15 is 0 Å². The minimum atomic E-state index is -1.03. The number of carboxylic acid groups (broad SMARTS) is 1. The van der Waals surface area contributed by atoms with Crippen LogP contribution in [0, 0.1) is 0 Å². The molecular weight excluding hydrogens is 372 g/mol. The zero-order valence-corrected chi connectivity index (χ0v) is 17.6. The summed E-state index contributed by atoms with van der Waals surface area (Å²) in [6, 6.07) is 11.2. The first-order chi connectivity index (χ1) is 13.2. The van der Waals surface area contributed by atoms with Crippen molar-refractivity contribution in [3.63, 3.8) is 0 Å². The molecule has 5 nitrogen and oxygen atoms in total. The van der Waals surface area contributed by atoms with Crippen molar-refractivity contribution in [2.24, 2.45) is 0 Å². The van der Waals surface area contributed by atoms with Crippen LogP contribution in [0.2, 0.25) is 0 Å². The Morgan fingerprint density at radius 1 is 1.29 bits per heavy atom. The number of benzene rings is 1. The summed E-state index contributed by atoms with van der Waals surface area (Å²) in [7, 11) is 0. The smallest absolute Gasteiger partial charge is 0.408 e. The molecule has 1 amide bonds. The number of carbonyl (C=O) groups is 1. The van der Waals surface area contributed by atoms with Gasteiger partial charge in [-0.3, -0.25) is 4.90 Å². The van der Waals surface area contributed by atoms with Gasteiger partial charge in [0, 0.05) is 23.5 Å². The molecule has 0 saturated carbocycles. The summed E-state index contributed by atoms with van der Waals surface area (Å²) in [6.45, 7) is 10.2. The van der Waals surface area contributed by atoms with Gasteiger partial charge in [0.25, 0.3) is 0 Å². The Kier molecular flexibility index (Phi) is 7.80. The maximum atomic E-state index is 12.0. The van der Waals surface area contributed by atoms with Crippen molar-refractivity contribution in [1.82, 2.24) is 10.2 Å². The zero-order chi connectivity index (χ0) is 20.7. The van der Waals surface area contributed by atoms with Gasteiger partial charge < -0.3 is 15.5 Å². The van der Waals surface area contributed by atoms with Crippen molar-refractivity contribution in [2.45, 2.75) is 51.4 Å². The molecule has 0 aliphatic carbocycles. The van der Waals surface area contributed by atoms with Gasteiger partial charge in [0.05, 0.1) is 12.1 Å². The predicted octanol–water partition coefficient (Wildman–Crippen LogP) is 4.23. The standard InChI is InChI=1S/C22H30N2O3S/c1-5-18-11-17(15-28-18)13-23-14-20(25)19(12-16-9-7-6-8-10-16)24(21(26)27)22(2,3)4/h5-11,15,19-20,23,25H,1,12-14H2,2-4H3,(H,26,27)/t19-,20+/m0/s1. The van der Waals surface area contributed by atoms with Crippen LogP contribution in [0.5, 0.6) is 0 Å². The predicted molar refractivity (Wildman–Crippen MR) is 116 cm³/mol. The van der Waals surface area contributed by atoms with Gasteiger partial charge in [0.1, 0.15) is 0 Å². The number of hydrogen-bond acceptors (Lipinski definition) is 4. The van der Waals surface area contributed by atoms with E-state index < -0.39 is 23.8 Å². The topological polar surface area (TPSA) is 72.8 Å². The van der Waals surface area contributed by atoms with Crippen LogP contribution in [0.1, 0.15) is 36.8 Å². The molecule has 0 aliphatic heterocycles. The van der Waals surface area contributed by atoms with Crippen LogP contribution in [-0.2, 0) is 13.0 Å². The van der Waals surface area contributed by atoms with Crippen molar-refractivity contribution in [1.29, 1.82) is 0 Å². The number of amides is 1. The lowest BCUT2D eigenvalue weighted by Crippen LogP contribution is -2.58. The molecule has 3 N–H and O–H groups in total. The highest BCUT2D eigenvalue weighted by Crippen LogP contribution is 2.23. The Hall–Kier alpha value is -2.15. The lowest BCUT2D eigenvalue weighted by molar-refractivity contribution is 0.00771. The van der Waals surface area contributed by atoms with Crippen LogP contribution in [0.25, 0.3) is 6.08 Å². The van der Waals surface area contributed by atoms with Crippen molar-refractivity contribution in [3.05, 3.63) is 64.4 Å². The molecular formula is C22H30N2O3S. The van der Waals surface area contributed by atoms with Gasteiger partial charge in [0.2, 0.25) is 0 Å².